The summed E-state index contributed by atoms with van der Waals surface area (Å²) in [6, 6.07) is 0. The molecular formula is C16H28N4O. The molecule has 1 saturated heterocycles. The Hall–Kier alpha value is -1.36. The van der Waals surface area contributed by atoms with Crippen LogP contribution in [-0.4, -0.2) is 35.8 Å². The molecule has 1 aliphatic heterocycles. The van der Waals surface area contributed by atoms with Gasteiger partial charge in [0.1, 0.15) is 18.0 Å². The second-order valence-electron chi connectivity index (χ2n) is 5.60. The molecule has 118 valence electrons. The Morgan fingerprint density at radius 1 is 1.14 bits per heavy atom. The monoisotopic (exact) mass is 292 g/mol. The number of anilines is 2. The van der Waals surface area contributed by atoms with Crippen molar-refractivity contribution in [3.05, 3.63) is 11.9 Å². The van der Waals surface area contributed by atoms with Gasteiger partial charge in [0.05, 0.1) is 6.10 Å². The van der Waals surface area contributed by atoms with Gasteiger partial charge < -0.3 is 15.4 Å². The minimum Gasteiger partial charge on any atom is -0.376 e. The largest absolute Gasteiger partial charge is 0.376 e. The maximum absolute atomic E-state index is 5.77. The second kappa shape index (κ2) is 8.82. The molecule has 5 heteroatoms. The molecule has 1 atom stereocenters. The molecule has 0 spiro atoms. The van der Waals surface area contributed by atoms with Crippen molar-refractivity contribution in [2.75, 3.05) is 30.3 Å². The predicted octanol–water partition coefficient (Wildman–Crippen LogP) is 3.23. The normalized spacial score (nSPS) is 18.5. The number of aromatic nitrogens is 2. The molecule has 1 aromatic heterocycles. The van der Waals surface area contributed by atoms with Crippen LogP contribution in [0.4, 0.5) is 11.6 Å². The van der Waals surface area contributed by atoms with E-state index in [9.17, 15) is 0 Å². The summed E-state index contributed by atoms with van der Waals surface area (Å²) in [6.45, 7) is 7.01. The van der Waals surface area contributed by atoms with Gasteiger partial charge in [-0.3, -0.25) is 0 Å². The van der Waals surface area contributed by atoms with Gasteiger partial charge in [0.2, 0.25) is 0 Å². The van der Waals surface area contributed by atoms with Crippen molar-refractivity contribution in [1.29, 1.82) is 0 Å². The number of hydrogen-bond donors (Lipinski definition) is 2. The standard InChI is InChI=1S/C16H28N4O/c1-3-7-14-15(17-9-4-2)19-12-20-16(14)18-11-13-8-5-6-10-21-13/h12-13H,3-11H2,1-2H3,(H2,17,18,19,20). The molecule has 0 amide bonds. The van der Waals surface area contributed by atoms with Gasteiger partial charge >= 0.3 is 0 Å². The van der Waals surface area contributed by atoms with Crippen LogP contribution < -0.4 is 10.6 Å². The number of hydrogen-bond acceptors (Lipinski definition) is 5. The van der Waals surface area contributed by atoms with Crippen molar-refractivity contribution in [2.24, 2.45) is 0 Å². The van der Waals surface area contributed by atoms with Crippen LogP contribution in [0.5, 0.6) is 0 Å². The van der Waals surface area contributed by atoms with E-state index >= 15 is 0 Å². The maximum atomic E-state index is 5.77. The molecule has 1 unspecified atom stereocenters. The molecule has 21 heavy (non-hydrogen) atoms. The van der Waals surface area contributed by atoms with Crippen molar-refractivity contribution in [2.45, 2.75) is 58.5 Å². The van der Waals surface area contributed by atoms with E-state index in [1.54, 1.807) is 6.33 Å². The molecule has 1 aliphatic rings. The first-order valence-electron chi connectivity index (χ1n) is 8.28. The fraction of sp³-hybridized carbons (Fsp3) is 0.750. The lowest BCUT2D eigenvalue weighted by atomic mass is 10.1. The summed E-state index contributed by atoms with van der Waals surface area (Å²) in [5.74, 6) is 1.93. The summed E-state index contributed by atoms with van der Waals surface area (Å²) in [5, 5.41) is 6.87. The Morgan fingerprint density at radius 2 is 1.95 bits per heavy atom. The summed E-state index contributed by atoms with van der Waals surface area (Å²) in [5.41, 5.74) is 1.20. The first-order valence-corrected chi connectivity index (χ1v) is 8.28. The van der Waals surface area contributed by atoms with E-state index in [1.165, 1.54) is 18.4 Å². The van der Waals surface area contributed by atoms with Crippen LogP contribution in [0.3, 0.4) is 0 Å². The van der Waals surface area contributed by atoms with E-state index in [4.69, 9.17) is 4.74 Å². The van der Waals surface area contributed by atoms with Gasteiger partial charge in [-0.25, -0.2) is 9.97 Å². The van der Waals surface area contributed by atoms with Crippen LogP contribution >= 0.6 is 0 Å². The molecule has 2 N–H and O–H groups in total. The third-order valence-electron chi connectivity index (χ3n) is 3.76. The number of nitrogens with zero attached hydrogens (tertiary/aromatic N) is 2. The lowest BCUT2D eigenvalue weighted by molar-refractivity contribution is 0.0247. The van der Waals surface area contributed by atoms with Gasteiger partial charge in [0.25, 0.3) is 0 Å². The van der Waals surface area contributed by atoms with Gasteiger partial charge in [-0.2, -0.15) is 0 Å². The van der Waals surface area contributed by atoms with Crippen molar-refractivity contribution in [3.63, 3.8) is 0 Å². The van der Waals surface area contributed by atoms with Crippen molar-refractivity contribution < 1.29 is 4.74 Å². The first kappa shape index (κ1) is 16.0. The summed E-state index contributed by atoms with van der Waals surface area (Å²) in [6.07, 6.45) is 8.72. The number of rotatable bonds is 8. The average Bonchev–Trinajstić information content (AvgIpc) is 2.53. The Balaban J connectivity index is 2.02. The van der Waals surface area contributed by atoms with Crippen LogP contribution in [0, 0.1) is 0 Å². The first-order chi connectivity index (χ1) is 10.3. The minimum atomic E-state index is 0.315. The van der Waals surface area contributed by atoms with Gasteiger partial charge in [-0.1, -0.05) is 20.3 Å². The lowest BCUT2D eigenvalue weighted by Crippen LogP contribution is -2.27. The minimum absolute atomic E-state index is 0.315. The zero-order chi connectivity index (χ0) is 14.9. The molecule has 0 bridgehead atoms. The lowest BCUT2D eigenvalue weighted by Gasteiger charge is -2.23. The van der Waals surface area contributed by atoms with Crippen LogP contribution in [-0.2, 0) is 11.2 Å². The Kier molecular flexibility index (Phi) is 6.73. The average molecular weight is 292 g/mol. The van der Waals surface area contributed by atoms with Gasteiger partial charge in [0.15, 0.2) is 0 Å². The molecule has 0 radical (unpaired) electrons. The summed E-state index contributed by atoms with van der Waals surface area (Å²) in [4.78, 5) is 8.83. The Bertz CT molecular complexity index is 419. The predicted molar refractivity (Wildman–Crippen MR) is 86.9 cm³/mol. The topological polar surface area (TPSA) is 59.1 Å². The number of ether oxygens (including phenoxy) is 1. The van der Waals surface area contributed by atoms with Crippen molar-refractivity contribution in [1.82, 2.24) is 9.97 Å². The number of nitrogens with one attached hydrogen (secondary N) is 2. The molecule has 1 aromatic rings. The van der Waals surface area contributed by atoms with Crippen LogP contribution in [0.2, 0.25) is 0 Å². The maximum Gasteiger partial charge on any atom is 0.134 e. The van der Waals surface area contributed by atoms with E-state index in [1.807, 2.05) is 0 Å². The molecule has 0 saturated carbocycles. The fourth-order valence-corrected chi connectivity index (χ4v) is 2.63. The van der Waals surface area contributed by atoms with Crippen LogP contribution in [0.1, 0.15) is 51.5 Å². The summed E-state index contributed by atoms with van der Waals surface area (Å²) < 4.78 is 5.77. The Morgan fingerprint density at radius 3 is 2.62 bits per heavy atom. The molecule has 5 nitrogen and oxygen atoms in total. The fourth-order valence-electron chi connectivity index (χ4n) is 2.63. The quantitative estimate of drug-likeness (QED) is 0.770. The van der Waals surface area contributed by atoms with Crippen molar-refractivity contribution >= 4 is 11.6 Å². The smallest absolute Gasteiger partial charge is 0.134 e. The zero-order valence-electron chi connectivity index (χ0n) is 13.3. The van der Waals surface area contributed by atoms with Gasteiger partial charge in [-0.05, 0) is 32.1 Å². The second-order valence-corrected chi connectivity index (χ2v) is 5.60. The van der Waals surface area contributed by atoms with E-state index in [0.29, 0.717) is 6.10 Å². The molecule has 2 rings (SSSR count). The molecular weight excluding hydrogens is 264 g/mol. The highest BCUT2D eigenvalue weighted by molar-refractivity contribution is 5.57. The summed E-state index contributed by atoms with van der Waals surface area (Å²) >= 11 is 0. The highest BCUT2D eigenvalue weighted by Crippen LogP contribution is 2.22. The van der Waals surface area contributed by atoms with Crippen molar-refractivity contribution in [3.8, 4) is 0 Å². The van der Waals surface area contributed by atoms with E-state index < -0.39 is 0 Å². The van der Waals surface area contributed by atoms with Gasteiger partial charge in [0, 0.05) is 25.3 Å². The summed E-state index contributed by atoms with van der Waals surface area (Å²) in [7, 11) is 0. The van der Waals surface area contributed by atoms with Crippen LogP contribution in [0.25, 0.3) is 0 Å². The third-order valence-corrected chi connectivity index (χ3v) is 3.76. The van der Waals surface area contributed by atoms with E-state index in [-0.39, 0.29) is 0 Å². The molecule has 0 aromatic carbocycles. The van der Waals surface area contributed by atoms with E-state index in [0.717, 1.165) is 57.0 Å². The molecule has 1 fully saturated rings. The van der Waals surface area contributed by atoms with Crippen LogP contribution in [0.15, 0.2) is 6.33 Å². The molecule has 2 heterocycles. The highest BCUT2D eigenvalue weighted by atomic mass is 16.5. The molecule has 0 aliphatic carbocycles. The Labute approximate surface area is 127 Å². The van der Waals surface area contributed by atoms with E-state index in [2.05, 4.69) is 34.4 Å². The SMILES string of the molecule is CCCNc1ncnc(NCC2CCCCO2)c1CCC. The highest BCUT2D eigenvalue weighted by Gasteiger charge is 2.16. The zero-order valence-corrected chi connectivity index (χ0v) is 13.3. The van der Waals surface area contributed by atoms with Gasteiger partial charge in [-0.15, -0.1) is 0 Å². The third kappa shape index (κ3) is 4.84.